The van der Waals surface area contributed by atoms with Gasteiger partial charge in [-0.25, -0.2) is 0 Å². The fourth-order valence-electron chi connectivity index (χ4n) is 2.98. The van der Waals surface area contributed by atoms with Crippen LogP contribution in [0.3, 0.4) is 0 Å². The summed E-state index contributed by atoms with van der Waals surface area (Å²) in [5.41, 5.74) is 2.75. The first kappa shape index (κ1) is 11.9. The average Bonchev–Trinajstić information content (AvgIpc) is 2.34. The van der Waals surface area contributed by atoms with Crippen molar-refractivity contribution in [3.05, 3.63) is 23.8 Å². The minimum atomic E-state index is 0.195. The second kappa shape index (κ2) is 4.18. The van der Waals surface area contributed by atoms with Crippen molar-refractivity contribution >= 4 is 5.69 Å². The molecule has 0 saturated heterocycles. The molecule has 1 fully saturated rings. The van der Waals surface area contributed by atoms with Gasteiger partial charge < -0.3 is 10.1 Å². The van der Waals surface area contributed by atoms with Crippen molar-refractivity contribution in [3.63, 3.8) is 0 Å². The number of hydrogen-bond donors (Lipinski definition) is 1. The van der Waals surface area contributed by atoms with Gasteiger partial charge in [0.05, 0.1) is 11.7 Å². The summed E-state index contributed by atoms with van der Waals surface area (Å²) in [4.78, 5) is 0. The maximum Gasteiger partial charge on any atom is 0.142 e. The molecule has 98 valence electrons. The molecule has 2 atom stereocenters. The van der Waals surface area contributed by atoms with Gasteiger partial charge >= 0.3 is 0 Å². The van der Waals surface area contributed by atoms with Crippen LogP contribution >= 0.6 is 0 Å². The molecule has 2 nitrogen and oxygen atoms in total. The van der Waals surface area contributed by atoms with E-state index in [-0.39, 0.29) is 5.41 Å². The van der Waals surface area contributed by atoms with Gasteiger partial charge in [-0.15, -0.1) is 0 Å². The summed E-state index contributed by atoms with van der Waals surface area (Å²) in [5.74, 6) is 1.03. The monoisotopic (exact) mass is 245 g/mol. The number of rotatable bonds is 0. The lowest BCUT2D eigenvalue weighted by molar-refractivity contribution is 0.131. The van der Waals surface area contributed by atoms with E-state index in [4.69, 9.17) is 4.74 Å². The lowest BCUT2D eigenvalue weighted by Gasteiger charge is -2.38. The lowest BCUT2D eigenvalue weighted by atomic mass is 9.86. The van der Waals surface area contributed by atoms with Crippen LogP contribution in [-0.2, 0) is 5.41 Å². The number of anilines is 1. The maximum absolute atomic E-state index is 6.14. The van der Waals surface area contributed by atoms with Crippen LogP contribution < -0.4 is 10.1 Å². The zero-order valence-electron chi connectivity index (χ0n) is 11.6. The van der Waals surface area contributed by atoms with Gasteiger partial charge in [0.1, 0.15) is 11.9 Å². The van der Waals surface area contributed by atoms with E-state index >= 15 is 0 Å². The maximum atomic E-state index is 6.14. The fraction of sp³-hybridized carbons (Fsp3) is 0.625. The van der Waals surface area contributed by atoms with E-state index in [1.165, 1.54) is 36.9 Å². The number of ether oxygens (including phenoxy) is 1. The van der Waals surface area contributed by atoms with Gasteiger partial charge in [-0.1, -0.05) is 33.3 Å². The minimum Gasteiger partial charge on any atom is -0.486 e. The van der Waals surface area contributed by atoms with Crippen molar-refractivity contribution in [1.29, 1.82) is 0 Å². The summed E-state index contributed by atoms with van der Waals surface area (Å²) in [7, 11) is 0. The van der Waals surface area contributed by atoms with E-state index in [9.17, 15) is 0 Å². The predicted octanol–water partition coefficient (Wildman–Crippen LogP) is 4.10. The van der Waals surface area contributed by atoms with E-state index < -0.39 is 0 Å². The van der Waals surface area contributed by atoms with Crippen molar-refractivity contribution in [1.82, 2.24) is 0 Å². The van der Waals surface area contributed by atoms with E-state index in [1.54, 1.807) is 0 Å². The largest absolute Gasteiger partial charge is 0.486 e. The van der Waals surface area contributed by atoms with Crippen LogP contribution in [0.5, 0.6) is 5.75 Å². The van der Waals surface area contributed by atoms with Gasteiger partial charge in [-0.2, -0.15) is 0 Å². The third-order valence-electron chi connectivity index (χ3n) is 4.17. The molecule has 1 aliphatic carbocycles. The highest BCUT2D eigenvalue weighted by molar-refractivity contribution is 5.61. The lowest BCUT2D eigenvalue weighted by Crippen LogP contribution is -2.43. The molecule has 1 N–H and O–H groups in total. The molecule has 2 unspecified atom stereocenters. The second-order valence-electron chi connectivity index (χ2n) is 6.65. The van der Waals surface area contributed by atoms with Gasteiger partial charge in [-0.3, -0.25) is 0 Å². The van der Waals surface area contributed by atoms with Crippen molar-refractivity contribution < 1.29 is 4.74 Å². The van der Waals surface area contributed by atoms with Gasteiger partial charge in [-0.05, 0) is 42.4 Å². The first-order valence-corrected chi connectivity index (χ1v) is 7.12. The first-order chi connectivity index (χ1) is 8.54. The van der Waals surface area contributed by atoms with Crippen LogP contribution in [0, 0.1) is 0 Å². The van der Waals surface area contributed by atoms with Crippen molar-refractivity contribution in [2.24, 2.45) is 0 Å². The molecule has 0 amide bonds. The molecular formula is C16H23NO. The van der Waals surface area contributed by atoms with Crippen LogP contribution in [0.1, 0.15) is 52.0 Å². The summed E-state index contributed by atoms with van der Waals surface area (Å²) in [6.45, 7) is 6.76. The highest BCUT2D eigenvalue weighted by atomic mass is 16.5. The molecule has 2 aliphatic rings. The Labute approximate surface area is 110 Å². The normalized spacial score (nSPS) is 26.6. The van der Waals surface area contributed by atoms with Crippen molar-refractivity contribution in [2.45, 2.75) is 64.0 Å². The van der Waals surface area contributed by atoms with E-state index in [0.29, 0.717) is 12.1 Å². The van der Waals surface area contributed by atoms with Crippen LogP contribution in [0.15, 0.2) is 18.2 Å². The fourth-order valence-corrected chi connectivity index (χ4v) is 2.98. The Bertz CT molecular complexity index is 447. The van der Waals surface area contributed by atoms with Gasteiger partial charge in [0.2, 0.25) is 0 Å². The third kappa shape index (κ3) is 2.09. The zero-order chi connectivity index (χ0) is 12.8. The minimum absolute atomic E-state index is 0.195. The topological polar surface area (TPSA) is 21.3 Å². The zero-order valence-corrected chi connectivity index (χ0v) is 11.6. The Kier molecular flexibility index (Phi) is 2.76. The average molecular weight is 245 g/mol. The first-order valence-electron chi connectivity index (χ1n) is 7.12. The van der Waals surface area contributed by atoms with Crippen molar-refractivity contribution in [3.8, 4) is 5.75 Å². The van der Waals surface area contributed by atoms with E-state index in [1.807, 2.05) is 0 Å². The summed E-state index contributed by atoms with van der Waals surface area (Å²) in [6.07, 6.45) is 5.44. The molecule has 1 heterocycles. The van der Waals surface area contributed by atoms with Crippen LogP contribution in [0.2, 0.25) is 0 Å². The highest BCUT2D eigenvalue weighted by Gasteiger charge is 2.32. The molecule has 1 aromatic carbocycles. The number of fused-ring (bicyclic) bond motifs is 2. The predicted molar refractivity (Wildman–Crippen MR) is 75.4 cm³/mol. The van der Waals surface area contributed by atoms with Gasteiger partial charge in [0.25, 0.3) is 0 Å². The molecule has 1 aromatic rings. The third-order valence-corrected chi connectivity index (χ3v) is 4.17. The van der Waals surface area contributed by atoms with Gasteiger partial charge in [0.15, 0.2) is 0 Å². The Morgan fingerprint density at radius 3 is 2.72 bits per heavy atom. The molecule has 1 aliphatic heterocycles. The summed E-state index contributed by atoms with van der Waals surface area (Å²) in [5, 5.41) is 3.69. The summed E-state index contributed by atoms with van der Waals surface area (Å²) < 4.78 is 6.14. The molecule has 0 aromatic heterocycles. The Balaban J connectivity index is 1.91. The number of hydrogen-bond acceptors (Lipinski definition) is 2. The highest BCUT2D eigenvalue weighted by Crippen LogP contribution is 2.38. The van der Waals surface area contributed by atoms with Crippen molar-refractivity contribution in [2.75, 3.05) is 5.32 Å². The van der Waals surface area contributed by atoms with Gasteiger partial charge in [0, 0.05) is 0 Å². The van der Waals surface area contributed by atoms with E-state index in [2.05, 4.69) is 44.3 Å². The SMILES string of the molecule is CC(C)(C)c1ccc2c(c1)NC1CCCCC1O2. The molecule has 3 rings (SSSR count). The second-order valence-corrected chi connectivity index (χ2v) is 6.65. The standard InChI is InChI=1S/C16H23NO/c1-16(2,3)11-8-9-15-13(10-11)17-12-6-4-5-7-14(12)18-15/h8-10,12,14,17H,4-7H2,1-3H3. The molecule has 1 saturated carbocycles. The summed E-state index contributed by atoms with van der Waals surface area (Å²) in [6, 6.07) is 7.11. The molecule has 2 heteroatoms. The molecule has 18 heavy (non-hydrogen) atoms. The molecule has 0 radical (unpaired) electrons. The van der Waals surface area contributed by atoms with E-state index in [0.717, 1.165) is 5.75 Å². The van der Waals surface area contributed by atoms with Crippen LogP contribution in [-0.4, -0.2) is 12.1 Å². The Morgan fingerprint density at radius 1 is 1.17 bits per heavy atom. The molecular weight excluding hydrogens is 222 g/mol. The Hall–Kier alpha value is -1.18. The molecule has 0 spiro atoms. The number of benzene rings is 1. The molecule has 0 bridgehead atoms. The summed E-state index contributed by atoms with van der Waals surface area (Å²) >= 11 is 0. The quantitative estimate of drug-likeness (QED) is 0.743. The Morgan fingerprint density at radius 2 is 1.94 bits per heavy atom. The van der Waals surface area contributed by atoms with Crippen LogP contribution in [0.25, 0.3) is 0 Å². The number of nitrogens with one attached hydrogen (secondary N) is 1. The smallest absolute Gasteiger partial charge is 0.142 e. The van der Waals surface area contributed by atoms with Crippen LogP contribution in [0.4, 0.5) is 5.69 Å².